The van der Waals surface area contributed by atoms with Crippen molar-refractivity contribution in [3.05, 3.63) is 65.7 Å². The molecule has 0 radical (unpaired) electrons. The van der Waals surface area contributed by atoms with E-state index in [2.05, 4.69) is 79.1 Å². The van der Waals surface area contributed by atoms with Crippen molar-refractivity contribution in [3.63, 3.8) is 0 Å². The molecule has 2 heterocycles. The molecule has 3 heteroatoms. The number of hydrogen-bond acceptors (Lipinski definition) is 2. The molecule has 2 aromatic carbocycles. The zero-order valence-electron chi connectivity index (χ0n) is 16.8. The van der Waals surface area contributed by atoms with Gasteiger partial charge < -0.3 is 0 Å². The van der Waals surface area contributed by atoms with Gasteiger partial charge in [0.2, 0.25) is 0 Å². The number of hydrogen-bond donors (Lipinski definition) is 0. The van der Waals surface area contributed by atoms with E-state index in [4.69, 9.17) is 0 Å². The Balaban J connectivity index is 1.44. The second-order valence-electron chi connectivity index (χ2n) is 9.40. The average Bonchev–Trinajstić information content (AvgIpc) is 2.89. The van der Waals surface area contributed by atoms with Crippen LogP contribution >= 0.6 is 0 Å². The molecule has 0 amide bonds. The molecule has 142 valence electrons. The molecule has 2 aromatic rings. The van der Waals surface area contributed by atoms with E-state index in [0.717, 1.165) is 24.9 Å². The van der Waals surface area contributed by atoms with Crippen LogP contribution < -0.4 is 5.19 Å². The lowest BCUT2D eigenvalue weighted by Crippen LogP contribution is -2.44. The Kier molecular flexibility index (Phi) is 5.08. The van der Waals surface area contributed by atoms with E-state index in [0.29, 0.717) is 17.9 Å². The van der Waals surface area contributed by atoms with Gasteiger partial charge in [0.15, 0.2) is 5.78 Å². The van der Waals surface area contributed by atoms with Crippen molar-refractivity contribution in [1.29, 1.82) is 0 Å². The molecular formula is C24H31NOSi. The van der Waals surface area contributed by atoms with E-state index in [1.54, 1.807) is 0 Å². The lowest BCUT2D eigenvalue weighted by atomic mass is 9.84. The first kappa shape index (κ1) is 18.6. The van der Waals surface area contributed by atoms with Gasteiger partial charge >= 0.3 is 0 Å². The van der Waals surface area contributed by atoms with Gasteiger partial charge in [-0.1, -0.05) is 79.4 Å². The summed E-state index contributed by atoms with van der Waals surface area (Å²) in [5, 5.41) is 1.43. The minimum Gasteiger partial charge on any atom is -0.294 e. The molecule has 2 fully saturated rings. The summed E-state index contributed by atoms with van der Waals surface area (Å²) in [4.78, 5) is 15.8. The third kappa shape index (κ3) is 3.95. The number of ketones is 1. The molecule has 0 N–H and O–H groups in total. The fourth-order valence-corrected chi connectivity index (χ4v) is 6.08. The highest BCUT2D eigenvalue weighted by atomic mass is 28.3. The van der Waals surface area contributed by atoms with Crippen LogP contribution in [0, 0.1) is 5.92 Å². The SMILES string of the molecule is C[Si](C)(C)c1ccc(C(=O)C2CC3CCC(C2)N3Cc2ccccc2)cc1. The van der Waals surface area contributed by atoms with Crippen LogP contribution in [0.4, 0.5) is 0 Å². The van der Waals surface area contributed by atoms with Crippen molar-refractivity contribution in [2.45, 2.75) is 64.0 Å². The van der Waals surface area contributed by atoms with Gasteiger partial charge in [-0.25, -0.2) is 0 Å². The molecule has 0 spiro atoms. The van der Waals surface area contributed by atoms with Gasteiger partial charge in [0.05, 0.1) is 8.07 Å². The molecular weight excluding hydrogens is 346 g/mol. The molecule has 2 aliphatic heterocycles. The quantitative estimate of drug-likeness (QED) is 0.548. The molecule has 2 bridgehead atoms. The number of nitrogens with zero attached hydrogens (tertiary/aromatic N) is 1. The van der Waals surface area contributed by atoms with Crippen LogP contribution in [0.3, 0.4) is 0 Å². The fraction of sp³-hybridized carbons (Fsp3) is 0.458. The minimum absolute atomic E-state index is 0.201. The Morgan fingerprint density at radius 2 is 1.52 bits per heavy atom. The van der Waals surface area contributed by atoms with E-state index in [1.165, 1.54) is 23.6 Å². The van der Waals surface area contributed by atoms with Crippen LogP contribution in [-0.4, -0.2) is 30.8 Å². The standard InChI is InChI=1S/C24H31NOSi/c1-27(2,3)23-13-9-19(10-14-23)24(26)20-15-21-11-12-22(16-20)25(21)17-18-7-5-4-6-8-18/h4-10,13-14,20-22H,11-12,15-17H2,1-3H3. The Labute approximate surface area is 164 Å². The Morgan fingerprint density at radius 3 is 2.07 bits per heavy atom. The third-order valence-corrected chi connectivity index (χ3v) is 8.56. The zero-order chi connectivity index (χ0) is 19.0. The van der Waals surface area contributed by atoms with Crippen LogP contribution in [0.15, 0.2) is 54.6 Å². The van der Waals surface area contributed by atoms with Gasteiger partial charge in [0.25, 0.3) is 0 Å². The smallest absolute Gasteiger partial charge is 0.166 e. The first-order chi connectivity index (χ1) is 12.9. The van der Waals surface area contributed by atoms with Crippen LogP contribution in [-0.2, 0) is 6.54 Å². The molecule has 2 aliphatic rings. The van der Waals surface area contributed by atoms with Crippen LogP contribution in [0.5, 0.6) is 0 Å². The van der Waals surface area contributed by atoms with Gasteiger partial charge in [-0.05, 0) is 31.2 Å². The van der Waals surface area contributed by atoms with Crippen LogP contribution in [0.1, 0.15) is 41.6 Å². The van der Waals surface area contributed by atoms with Crippen LogP contribution in [0.2, 0.25) is 19.6 Å². The minimum atomic E-state index is -1.31. The predicted octanol–water partition coefficient (Wildman–Crippen LogP) is 4.86. The Bertz CT molecular complexity index is 779. The summed E-state index contributed by atoms with van der Waals surface area (Å²) in [6, 6.07) is 20.4. The van der Waals surface area contributed by atoms with Crippen molar-refractivity contribution in [2.24, 2.45) is 5.92 Å². The van der Waals surface area contributed by atoms with Gasteiger partial charge in [-0.15, -0.1) is 0 Å². The van der Waals surface area contributed by atoms with Gasteiger partial charge in [0, 0.05) is 30.1 Å². The van der Waals surface area contributed by atoms with Crippen molar-refractivity contribution in [2.75, 3.05) is 0 Å². The van der Waals surface area contributed by atoms with Gasteiger partial charge in [-0.3, -0.25) is 9.69 Å². The number of carbonyl (C=O) groups excluding carboxylic acids is 1. The average molecular weight is 378 g/mol. The summed E-state index contributed by atoms with van der Waals surface area (Å²) in [6.07, 6.45) is 4.54. The highest BCUT2D eigenvalue weighted by Crippen LogP contribution is 2.40. The maximum atomic E-state index is 13.1. The van der Waals surface area contributed by atoms with Crippen molar-refractivity contribution in [1.82, 2.24) is 4.90 Å². The number of benzene rings is 2. The molecule has 4 rings (SSSR count). The number of Topliss-reactive ketones (excluding diaryl/α,β-unsaturated/α-hetero) is 1. The number of rotatable bonds is 5. The molecule has 0 aromatic heterocycles. The maximum absolute atomic E-state index is 13.1. The van der Waals surface area contributed by atoms with E-state index in [9.17, 15) is 4.79 Å². The maximum Gasteiger partial charge on any atom is 0.166 e. The predicted molar refractivity (Wildman–Crippen MR) is 115 cm³/mol. The summed E-state index contributed by atoms with van der Waals surface area (Å²) in [6.45, 7) is 8.08. The molecule has 2 nitrogen and oxygen atoms in total. The van der Waals surface area contributed by atoms with Gasteiger partial charge in [-0.2, -0.15) is 0 Å². The lowest BCUT2D eigenvalue weighted by molar-refractivity contribution is 0.0678. The number of fused-ring (bicyclic) bond motifs is 2. The molecule has 0 aliphatic carbocycles. The molecule has 2 saturated heterocycles. The van der Waals surface area contributed by atoms with E-state index >= 15 is 0 Å². The summed E-state index contributed by atoms with van der Waals surface area (Å²) in [7, 11) is -1.31. The third-order valence-electron chi connectivity index (χ3n) is 6.50. The number of carbonyl (C=O) groups is 1. The fourth-order valence-electron chi connectivity index (χ4n) is 4.91. The summed E-state index contributed by atoms with van der Waals surface area (Å²) >= 11 is 0. The van der Waals surface area contributed by atoms with E-state index < -0.39 is 8.07 Å². The van der Waals surface area contributed by atoms with Crippen molar-refractivity contribution < 1.29 is 4.79 Å². The summed E-state index contributed by atoms with van der Waals surface area (Å²) in [5.74, 6) is 0.570. The Hall–Kier alpha value is -1.71. The molecule has 2 atom stereocenters. The highest BCUT2D eigenvalue weighted by molar-refractivity contribution is 6.88. The van der Waals surface area contributed by atoms with Gasteiger partial charge in [0.1, 0.15) is 0 Å². The first-order valence-corrected chi connectivity index (χ1v) is 13.9. The first-order valence-electron chi connectivity index (χ1n) is 10.4. The molecule has 2 unspecified atom stereocenters. The zero-order valence-corrected chi connectivity index (χ0v) is 17.8. The lowest BCUT2D eigenvalue weighted by Gasteiger charge is -2.38. The van der Waals surface area contributed by atoms with E-state index in [1.807, 2.05) is 0 Å². The monoisotopic (exact) mass is 377 g/mol. The largest absolute Gasteiger partial charge is 0.294 e. The molecule has 27 heavy (non-hydrogen) atoms. The number of piperidine rings is 1. The highest BCUT2D eigenvalue weighted by Gasteiger charge is 2.42. The summed E-state index contributed by atoms with van der Waals surface area (Å²) in [5.41, 5.74) is 2.30. The summed E-state index contributed by atoms with van der Waals surface area (Å²) < 4.78 is 0. The van der Waals surface area contributed by atoms with Crippen molar-refractivity contribution in [3.8, 4) is 0 Å². The second-order valence-corrected chi connectivity index (χ2v) is 14.5. The normalized spacial score (nSPS) is 25.5. The molecule has 0 saturated carbocycles. The topological polar surface area (TPSA) is 20.3 Å². The van der Waals surface area contributed by atoms with Crippen molar-refractivity contribution >= 4 is 19.0 Å². The van der Waals surface area contributed by atoms with Crippen LogP contribution in [0.25, 0.3) is 0 Å². The Morgan fingerprint density at radius 1 is 0.926 bits per heavy atom. The van der Waals surface area contributed by atoms with E-state index in [-0.39, 0.29) is 5.92 Å². The second kappa shape index (κ2) is 7.37.